The van der Waals surface area contributed by atoms with Crippen molar-refractivity contribution < 1.29 is 42.9 Å². The number of carbonyl (C=O) groups is 4. The normalized spacial score (nSPS) is 10.5. The lowest BCUT2D eigenvalue weighted by atomic mass is 10.1. The van der Waals surface area contributed by atoms with E-state index in [1.54, 1.807) is 55.5 Å². The molecule has 47 heavy (non-hydrogen) atoms. The molecule has 1 N–H and O–H groups in total. The molecule has 0 fully saturated rings. The van der Waals surface area contributed by atoms with Crippen LogP contribution in [0.2, 0.25) is 0 Å². The number of anilines is 1. The van der Waals surface area contributed by atoms with Crippen molar-refractivity contribution in [2.75, 3.05) is 31.7 Å². The van der Waals surface area contributed by atoms with E-state index >= 15 is 0 Å². The molecule has 10 heteroatoms. The van der Waals surface area contributed by atoms with Crippen molar-refractivity contribution in [1.29, 1.82) is 0 Å². The second-order valence-electron chi connectivity index (χ2n) is 10.1. The predicted octanol–water partition coefficient (Wildman–Crippen LogP) is 6.64. The quantitative estimate of drug-likeness (QED) is 0.0663. The molecule has 3 rings (SSSR count). The van der Waals surface area contributed by atoms with Crippen molar-refractivity contribution in [3.63, 3.8) is 0 Å². The van der Waals surface area contributed by atoms with Crippen molar-refractivity contribution in [2.45, 2.75) is 32.6 Å². The topological polar surface area (TPSA) is 126 Å². The fourth-order valence-electron chi connectivity index (χ4n) is 3.97. The van der Waals surface area contributed by atoms with E-state index in [0.29, 0.717) is 74.2 Å². The van der Waals surface area contributed by atoms with Gasteiger partial charge in [-0.15, -0.1) is 0 Å². The Labute approximate surface area is 274 Å². The zero-order valence-electron chi connectivity index (χ0n) is 26.4. The molecule has 0 atom stereocenters. The lowest BCUT2D eigenvalue weighted by Gasteiger charge is -2.10. The van der Waals surface area contributed by atoms with E-state index in [9.17, 15) is 19.2 Å². The number of hydrogen-bond donors (Lipinski definition) is 1. The summed E-state index contributed by atoms with van der Waals surface area (Å²) in [6, 6.07) is 18.9. The first-order chi connectivity index (χ1) is 22.8. The van der Waals surface area contributed by atoms with Gasteiger partial charge in [-0.1, -0.05) is 25.3 Å². The minimum Gasteiger partial charge on any atom is -0.494 e. The minimum absolute atomic E-state index is 0.303. The highest BCUT2D eigenvalue weighted by Crippen LogP contribution is 2.23. The van der Waals surface area contributed by atoms with Gasteiger partial charge in [0.15, 0.2) is 0 Å². The molecule has 0 spiro atoms. The van der Waals surface area contributed by atoms with Gasteiger partial charge in [0, 0.05) is 23.9 Å². The van der Waals surface area contributed by atoms with Crippen molar-refractivity contribution in [2.24, 2.45) is 0 Å². The van der Waals surface area contributed by atoms with Gasteiger partial charge in [0.25, 0.3) is 0 Å². The summed E-state index contributed by atoms with van der Waals surface area (Å²) < 4.78 is 26.7. The lowest BCUT2D eigenvalue weighted by Crippen LogP contribution is -2.11. The highest BCUT2D eigenvalue weighted by atomic mass is 16.5. The van der Waals surface area contributed by atoms with Gasteiger partial charge < -0.3 is 29.0 Å². The van der Waals surface area contributed by atoms with E-state index in [0.717, 1.165) is 29.7 Å². The summed E-state index contributed by atoms with van der Waals surface area (Å²) in [5.41, 5.74) is 2.49. The molecule has 0 bridgehead atoms. The molecule has 0 aliphatic heterocycles. The summed E-state index contributed by atoms with van der Waals surface area (Å²) in [5, 5.41) is 2.83. The summed E-state index contributed by atoms with van der Waals surface area (Å²) in [4.78, 5) is 47.2. The van der Waals surface area contributed by atoms with Gasteiger partial charge in [-0.25, -0.2) is 14.4 Å². The molecule has 3 aromatic carbocycles. The SMILES string of the molecule is C=CC(=O)OCCCCOc1ccc(/C=C/C(=O)Nc2ccc(OC(=O)c3ccc(OCCCCOC(=O)C=C)cc3)cc2C)cc1. The van der Waals surface area contributed by atoms with Gasteiger partial charge in [0.05, 0.1) is 32.0 Å². The Bertz CT molecular complexity index is 1540. The van der Waals surface area contributed by atoms with Crippen LogP contribution in [0.4, 0.5) is 5.69 Å². The number of amides is 1. The highest BCUT2D eigenvalue weighted by Gasteiger charge is 2.11. The van der Waals surface area contributed by atoms with Crippen LogP contribution in [-0.4, -0.2) is 50.2 Å². The Hall–Kier alpha value is -5.64. The molecule has 0 aliphatic carbocycles. The third kappa shape index (κ3) is 13.5. The Kier molecular flexibility index (Phi) is 15.0. The Balaban J connectivity index is 1.39. The average molecular weight is 642 g/mol. The molecule has 246 valence electrons. The fourth-order valence-corrected chi connectivity index (χ4v) is 3.97. The van der Waals surface area contributed by atoms with E-state index in [-0.39, 0.29) is 5.91 Å². The number of carbonyl (C=O) groups excluding carboxylic acids is 4. The first-order valence-corrected chi connectivity index (χ1v) is 15.1. The maximum Gasteiger partial charge on any atom is 0.343 e. The Morgan fingerprint density at radius 1 is 0.681 bits per heavy atom. The molecule has 0 aliphatic rings. The molecule has 0 saturated carbocycles. The van der Waals surface area contributed by atoms with Crippen LogP contribution in [0.25, 0.3) is 6.08 Å². The zero-order chi connectivity index (χ0) is 33.9. The second-order valence-corrected chi connectivity index (χ2v) is 10.1. The van der Waals surface area contributed by atoms with Crippen LogP contribution in [-0.2, 0) is 23.9 Å². The second kappa shape index (κ2) is 19.7. The van der Waals surface area contributed by atoms with Crippen molar-refractivity contribution in [1.82, 2.24) is 0 Å². The number of unbranched alkanes of at least 4 members (excludes halogenated alkanes) is 2. The summed E-state index contributed by atoms with van der Waals surface area (Å²) in [5.74, 6) is -0.0651. The van der Waals surface area contributed by atoms with Gasteiger partial charge in [-0.2, -0.15) is 0 Å². The van der Waals surface area contributed by atoms with Crippen molar-refractivity contribution in [3.8, 4) is 17.2 Å². The van der Waals surface area contributed by atoms with Crippen LogP contribution < -0.4 is 19.5 Å². The number of hydrogen-bond acceptors (Lipinski definition) is 9. The third-order valence-electron chi connectivity index (χ3n) is 6.50. The fraction of sp³-hybridized carbons (Fsp3) is 0.243. The zero-order valence-corrected chi connectivity index (χ0v) is 26.4. The van der Waals surface area contributed by atoms with Gasteiger partial charge >= 0.3 is 17.9 Å². The van der Waals surface area contributed by atoms with Gasteiger partial charge in [-0.3, -0.25) is 4.79 Å². The van der Waals surface area contributed by atoms with Gasteiger partial charge in [-0.05, 0) is 104 Å². The summed E-state index contributed by atoms with van der Waals surface area (Å²) in [7, 11) is 0. The van der Waals surface area contributed by atoms with Crippen LogP contribution in [0.3, 0.4) is 0 Å². The van der Waals surface area contributed by atoms with Crippen LogP contribution in [0, 0.1) is 6.92 Å². The molecule has 0 unspecified atom stereocenters. The molecule has 3 aromatic rings. The summed E-state index contributed by atoms with van der Waals surface area (Å²) >= 11 is 0. The maximum atomic E-state index is 12.7. The van der Waals surface area contributed by atoms with E-state index in [2.05, 4.69) is 18.5 Å². The molecular weight excluding hydrogens is 602 g/mol. The number of benzene rings is 3. The number of nitrogens with one attached hydrogen (secondary N) is 1. The monoisotopic (exact) mass is 641 g/mol. The number of aryl methyl sites for hydroxylation is 1. The van der Waals surface area contributed by atoms with Gasteiger partial charge in [0.2, 0.25) is 5.91 Å². The van der Waals surface area contributed by atoms with Crippen LogP contribution >= 0.6 is 0 Å². The van der Waals surface area contributed by atoms with Gasteiger partial charge in [0.1, 0.15) is 17.2 Å². The summed E-state index contributed by atoms with van der Waals surface area (Å²) in [6.45, 7) is 10.1. The van der Waals surface area contributed by atoms with Crippen molar-refractivity contribution >= 4 is 35.6 Å². The van der Waals surface area contributed by atoms with E-state index < -0.39 is 17.9 Å². The average Bonchev–Trinajstić information content (AvgIpc) is 3.08. The number of esters is 3. The number of rotatable bonds is 19. The Morgan fingerprint density at radius 3 is 1.72 bits per heavy atom. The van der Waals surface area contributed by atoms with Crippen LogP contribution in [0.1, 0.15) is 47.2 Å². The highest BCUT2D eigenvalue weighted by molar-refractivity contribution is 6.02. The summed E-state index contributed by atoms with van der Waals surface area (Å²) in [6.07, 6.45) is 8.18. The molecular formula is C37H39NO9. The molecule has 0 saturated heterocycles. The third-order valence-corrected chi connectivity index (χ3v) is 6.50. The van der Waals surface area contributed by atoms with Crippen molar-refractivity contribution in [3.05, 3.63) is 115 Å². The smallest absolute Gasteiger partial charge is 0.343 e. The first kappa shape index (κ1) is 35.8. The number of ether oxygens (including phenoxy) is 5. The van der Waals surface area contributed by atoms with E-state index in [1.165, 1.54) is 6.08 Å². The maximum absolute atomic E-state index is 12.7. The van der Waals surface area contributed by atoms with E-state index in [4.69, 9.17) is 23.7 Å². The standard InChI is InChI=1S/C37H39NO9/c1-4-35(40)45-24-8-6-22-43-30-15-10-28(11-16-30)12-21-34(39)38-33-20-19-32(26-27(33)3)47-37(42)29-13-17-31(18-14-29)44-23-7-9-25-46-36(41)5-2/h4-5,10-21,26H,1-2,6-9,22-25H2,3H3,(H,38,39)/b21-12+. The first-order valence-electron chi connectivity index (χ1n) is 15.1. The Morgan fingerprint density at radius 2 is 1.19 bits per heavy atom. The molecule has 0 heterocycles. The molecule has 0 aromatic heterocycles. The van der Waals surface area contributed by atoms with E-state index in [1.807, 2.05) is 24.3 Å². The molecule has 0 radical (unpaired) electrons. The molecule has 10 nitrogen and oxygen atoms in total. The minimum atomic E-state index is -0.525. The van der Waals surface area contributed by atoms with Crippen LogP contribution in [0.15, 0.2) is 98.1 Å². The van der Waals surface area contributed by atoms with Crippen LogP contribution in [0.5, 0.6) is 17.2 Å². The molecule has 1 amide bonds. The predicted molar refractivity (Wildman–Crippen MR) is 178 cm³/mol. The largest absolute Gasteiger partial charge is 0.494 e. The lowest BCUT2D eigenvalue weighted by molar-refractivity contribution is -0.138.